The van der Waals surface area contributed by atoms with Crippen LogP contribution >= 0.6 is 0 Å². The number of rotatable bonds is 8. The predicted molar refractivity (Wildman–Crippen MR) is 128 cm³/mol. The van der Waals surface area contributed by atoms with Gasteiger partial charge in [-0.3, -0.25) is 0 Å². The summed E-state index contributed by atoms with van der Waals surface area (Å²) in [5.41, 5.74) is 1.39. The van der Waals surface area contributed by atoms with Crippen molar-refractivity contribution in [3.63, 3.8) is 0 Å². The van der Waals surface area contributed by atoms with Crippen LogP contribution in [0, 0.1) is 5.92 Å². The van der Waals surface area contributed by atoms with E-state index in [2.05, 4.69) is 119 Å². The third-order valence-electron chi connectivity index (χ3n) is 5.90. The monoisotopic (exact) mass is 402 g/mol. The third-order valence-corrected chi connectivity index (χ3v) is 10.9. The Labute approximate surface area is 177 Å². The second-order valence-electron chi connectivity index (χ2n) is 8.94. The topological polar surface area (TPSA) is 9.23 Å². The molecule has 0 radical (unpaired) electrons. The molecule has 0 heterocycles. The Hall–Kier alpha value is -2.16. The highest BCUT2D eigenvalue weighted by Crippen LogP contribution is 2.37. The molecule has 0 aliphatic heterocycles. The highest BCUT2D eigenvalue weighted by atomic mass is 28.4. The van der Waals surface area contributed by atoms with Crippen LogP contribution in [-0.2, 0) is 10.8 Å². The van der Waals surface area contributed by atoms with Crippen molar-refractivity contribution in [1.82, 2.24) is 0 Å². The summed E-state index contributed by atoms with van der Waals surface area (Å²) in [6.45, 7) is 10.1. The van der Waals surface area contributed by atoms with E-state index in [1.165, 1.54) is 15.9 Å². The third kappa shape index (κ3) is 4.88. The van der Waals surface area contributed by atoms with Gasteiger partial charge < -0.3 is 4.43 Å². The Kier molecular flexibility index (Phi) is 7.10. The highest BCUT2D eigenvalue weighted by molar-refractivity contribution is 6.99. The van der Waals surface area contributed by atoms with Gasteiger partial charge in [0.05, 0.1) is 0 Å². The van der Waals surface area contributed by atoms with Gasteiger partial charge in [-0.05, 0) is 33.3 Å². The van der Waals surface area contributed by atoms with Crippen LogP contribution in [0.4, 0.5) is 0 Å². The van der Waals surface area contributed by atoms with E-state index in [9.17, 15) is 0 Å². The van der Waals surface area contributed by atoms with Gasteiger partial charge in [-0.25, -0.2) is 0 Å². The summed E-state index contributed by atoms with van der Waals surface area (Å²) in [6.07, 6.45) is 2.18. The maximum absolute atomic E-state index is 7.13. The molecule has 0 amide bonds. The van der Waals surface area contributed by atoms with Gasteiger partial charge >= 0.3 is 0 Å². The normalized spacial score (nSPS) is 13.2. The van der Waals surface area contributed by atoms with Gasteiger partial charge in [-0.15, -0.1) is 0 Å². The molecule has 0 saturated carbocycles. The van der Waals surface area contributed by atoms with E-state index in [0.29, 0.717) is 5.92 Å². The lowest BCUT2D eigenvalue weighted by atomic mass is 9.98. The van der Waals surface area contributed by atoms with Crippen LogP contribution in [0.1, 0.15) is 39.7 Å². The standard InChI is InChI=1S/C27H34OSi/c1-5-23(21-24-15-9-6-10-16-24)22-28-29(27(2,3)4,25-17-11-7-12-18-25)26-19-13-8-14-20-26/h6-20,23H,5,21-22H2,1-4H3. The van der Waals surface area contributed by atoms with Gasteiger partial charge in [0.2, 0.25) is 0 Å². The molecule has 1 unspecified atom stereocenters. The molecule has 0 aromatic heterocycles. The second kappa shape index (κ2) is 9.56. The Bertz CT molecular complexity index is 814. The molecule has 0 aliphatic rings. The fourth-order valence-corrected chi connectivity index (χ4v) is 8.91. The molecule has 0 spiro atoms. The maximum atomic E-state index is 7.13. The first-order valence-corrected chi connectivity index (χ1v) is 12.7. The molecule has 1 nitrogen and oxygen atoms in total. The SMILES string of the molecule is CCC(CO[Si](c1ccccc1)(c1ccccc1)C(C)(C)C)Cc1ccccc1. The zero-order valence-electron chi connectivity index (χ0n) is 18.3. The Morgan fingerprint density at radius 2 is 1.17 bits per heavy atom. The number of hydrogen-bond donors (Lipinski definition) is 0. The van der Waals surface area contributed by atoms with Crippen LogP contribution in [-0.4, -0.2) is 14.9 Å². The summed E-state index contributed by atoms with van der Waals surface area (Å²) >= 11 is 0. The Morgan fingerprint density at radius 1 is 0.724 bits per heavy atom. The Balaban J connectivity index is 1.97. The minimum atomic E-state index is -2.45. The molecule has 0 fully saturated rings. The molecular weight excluding hydrogens is 368 g/mol. The largest absolute Gasteiger partial charge is 0.407 e. The minimum Gasteiger partial charge on any atom is -0.407 e. The Morgan fingerprint density at radius 3 is 1.59 bits per heavy atom. The molecular formula is C27H34OSi. The highest BCUT2D eigenvalue weighted by Gasteiger charge is 2.50. The van der Waals surface area contributed by atoms with Crippen molar-refractivity contribution in [2.75, 3.05) is 6.61 Å². The van der Waals surface area contributed by atoms with Crippen molar-refractivity contribution in [2.24, 2.45) is 5.92 Å². The van der Waals surface area contributed by atoms with Crippen LogP contribution in [0.25, 0.3) is 0 Å². The van der Waals surface area contributed by atoms with Crippen LogP contribution in [0.15, 0.2) is 91.0 Å². The van der Waals surface area contributed by atoms with Crippen LogP contribution in [0.2, 0.25) is 5.04 Å². The number of hydrogen-bond acceptors (Lipinski definition) is 1. The molecule has 0 bridgehead atoms. The van der Waals surface area contributed by atoms with Crippen LogP contribution < -0.4 is 10.4 Å². The van der Waals surface area contributed by atoms with Gasteiger partial charge in [0.25, 0.3) is 8.32 Å². The predicted octanol–water partition coefficient (Wildman–Crippen LogP) is 5.83. The van der Waals surface area contributed by atoms with Gasteiger partial charge in [0.15, 0.2) is 0 Å². The fraction of sp³-hybridized carbons (Fsp3) is 0.333. The first kappa shape index (κ1) is 21.5. The van der Waals surface area contributed by atoms with Gasteiger partial charge in [-0.2, -0.15) is 0 Å². The summed E-state index contributed by atoms with van der Waals surface area (Å²) in [6, 6.07) is 32.7. The summed E-state index contributed by atoms with van der Waals surface area (Å²) in [4.78, 5) is 0. The molecule has 0 aliphatic carbocycles. The van der Waals surface area contributed by atoms with Crippen molar-refractivity contribution in [2.45, 2.75) is 45.6 Å². The first-order valence-electron chi connectivity index (χ1n) is 10.8. The maximum Gasteiger partial charge on any atom is 0.261 e. The van der Waals surface area contributed by atoms with Crippen LogP contribution in [0.3, 0.4) is 0 Å². The van der Waals surface area contributed by atoms with E-state index in [1.807, 2.05) is 0 Å². The van der Waals surface area contributed by atoms with Gasteiger partial charge in [0.1, 0.15) is 0 Å². The van der Waals surface area contributed by atoms with Gasteiger partial charge in [-0.1, -0.05) is 125 Å². The van der Waals surface area contributed by atoms with E-state index in [1.54, 1.807) is 0 Å². The molecule has 29 heavy (non-hydrogen) atoms. The molecule has 0 saturated heterocycles. The van der Waals surface area contributed by atoms with E-state index >= 15 is 0 Å². The zero-order valence-corrected chi connectivity index (χ0v) is 19.3. The van der Waals surface area contributed by atoms with E-state index in [-0.39, 0.29) is 5.04 Å². The molecule has 3 aromatic rings. The summed E-state index contributed by atoms with van der Waals surface area (Å²) in [7, 11) is -2.45. The molecule has 152 valence electrons. The van der Waals surface area contributed by atoms with E-state index in [0.717, 1.165) is 19.4 Å². The second-order valence-corrected chi connectivity index (χ2v) is 13.2. The molecule has 2 heteroatoms. The molecule has 0 N–H and O–H groups in total. The lowest BCUT2D eigenvalue weighted by Crippen LogP contribution is -2.66. The van der Waals surface area contributed by atoms with Crippen molar-refractivity contribution >= 4 is 18.7 Å². The molecule has 1 atom stereocenters. The lowest BCUT2D eigenvalue weighted by molar-refractivity contribution is 0.230. The average molecular weight is 403 g/mol. The van der Waals surface area contributed by atoms with Crippen molar-refractivity contribution in [3.8, 4) is 0 Å². The van der Waals surface area contributed by atoms with E-state index < -0.39 is 8.32 Å². The minimum absolute atomic E-state index is 0.0285. The summed E-state index contributed by atoms with van der Waals surface area (Å²) < 4.78 is 7.13. The lowest BCUT2D eigenvalue weighted by Gasteiger charge is -2.43. The summed E-state index contributed by atoms with van der Waals surface area (Å²) in [5, 5.41) is 2.74. The average Bonchev–Trinajstić information content (AvgIpc) is 2.74. The first-order chi connectivity index (χ1) is 14.0. The van der Waals surface area contributed by atoms with Gasteiger partial charge in [0, 0.05) is 6.61 Å². The fourth-order valence-electron chi connectivity index (χ4n) is 4.27. The van der Waals surface area contributed by atoms with Crippen molar-refractivity contribution < 1.29 is 4.43 Å². The molecule has 3 aromatic carbocycles. The molecule has 3 rings (SSSR count). The van der Waals surface area contributed by atoms with Crippen molar-refractivity contribution in [1.29, 1.82) is 0 Å². The van der Waals surface area contributed by atoms with Crippen molar-refractivity contribution in [3.05, 3.63) is 96.6 Å². The van der Waals surface area contributed by atoms with Crippen LogP contribution in [0.5, 0.6) is 0 Å². The smallest absolute Gasteiger partial charge is 0.261 e. The number of benzene rings is 3. The van der Waals surface area contributed by atoms with E-state index in [4.69, 9.17) is 4.43 Å². The summed E-state index contributed by atoms with van der Waals surface area (Å²) in [5.74, 6) is 0.513. The zero-order chi connectivity index (χ0) is 20.7. The quantitative estimate of drug-likeness (QED) is 0.431.